The van der Waals surface area contributed by atoms with Crippen molar-refractivity contribution in [1.29, 1.82) is 0 Å². The maximum atomic E-state index is 12.7. The van der Waals surface area contributed by atoms with Crippen LogP contribution in [0.2, 0.25) is 0 Å². The summed E-state index contributed by atoms with van der Waals surface area (Å²) in [4.78, 5) is 21.4. The second kappa shape index (κ2) is 7.17. The monoisotopic (exact) mass is 336 g/mol. The number of aromatic nitrogens is 3. The van der Waals surface area contributed by atoms with Gasteiger partial charge < -0.3 is 14.6 Å². The minimum Gasteiger partial charge on any atom is -0.496 e. The molecule has 25 heavy (non-hydrogen) atoms. The molecule has 3 rings (SSSR count). The van der Waals surface area contributed by atoms with E-state index >= 15 is 0 Å². The summed E-state index contributed by atoms with van der Waals surface area (Å²) in [5, 5.41) is 3.03. The van der Waals surface area contributed by atoms with Gasteiger partial charge in [-0.05, 0) is 25.1 Å². The van der Waals surface area contributed by atoms with Crippen LogP contribution < -0.4 is 10.1 Å². The number of amides is 1. The number of nitrogens with zero attached hydrogens (tertiary/aromatic N) is 3. The Morgan fingerprint density at radius 2 is 2.00 bits per heavy atom. The molecule has 0 saturated carbocycles. The van der Waals surface area contributed by atoms with Gasteiger partial charge in [-0.1, -0.05) is 24.3 Å². The van der Waals surface area contributed by atoms with Crippen LogP contribution in [-0.2, 0) is 7.05 Å². The summed E-state index contributed by atoms with van der Waals surface area (Å²) >= 11 is 0. The number of imidazole rings is 1. The predicted molar refractivity (Wildman–Crippen MR) is 94.5 cm³/mol. The standard InChI is InChI=1S/C19H20N4O2/c1-13-7-6-9-15(21-13)19(24)22-17(18-20-11-12-23(18)2)14-8-4-5-10-16(14)25-3/h4-12,17H,1-3H3,(H,22,24)/t17-/m0/s1. The fraction of sp³-hybridized carbons (Fsp3) is 0.211. The van der Waals surface area contributed by atoms with Crippen LogP contribution in [0, 0.1) is 6.92 Å². The number of hydrogen-bond donors (Lipinski definition) is 1. The van der Waals surface area contributed by atoms with Crippen molar-refractivity contribution in [2.24, 2.45) is 7.05 Å². The Morgan fingerprint density at radius 3 is 2.68 bits per heavy atom. The number of nitrogens with one attached hydrogen (secondary N) is 1. The number of pyridine rings is 1. The topological polar surface area (TPSA) is 69.0 Å². The fourth-order valence-electron chi connectivity index (χ4n) is 2.72. The molecule has 1 aromatic carbocycles. The first-order valence-electron chi connectivity index (χ1n) is 7.95. The quantitative estimate of drug-likeness (QED) is 0.778. The molecule has 0 aliphatic rings. The first-order chi connectivity index (χ1) is 12.1. The van der Waals surface area contributed by atoms with E-state index in [1.807, 2.05) is 61.1 Å². The fourth-order valence-corrected chi connectivity index (χ4v) is 2.72. The van der Waals surface area contributed by atoms with Crippen LogP contribution >= 0.6 is 0 Å². The zero-order chi connectivity index (χ0) is 17.8. The van der Waals surface area contributed by atoms with Crippen LogP contribution in [0.15, 0.2) is 54.9 Å². The van der Waals surface area contributed by atoms with E-state index in [0.29, 0.717) is 17.3 Å². The van der Waals surface area contributed by atoms with Gasteiger partial charge in [-0.25, -0.2) is 9.97 Å². The van der Waals surface area contributed by atoms with Gasteiger partial charge in [0.1, 0.15) is 23.3 Å². The van der Waals surface area contributed by atoms with Gasteiger partial charge in [-0.3, -0.25) is 4.79 Å². The van der Waals surface area contributed by atoms with Gasteiger partial charge in [-0.2, -0.15) is 0 Å². The first-order valence-corrected chi connectivity index (χ1v) is 7.95. The molecule has 0 fully saturated rings. The number of methoxy groups -OCH3 is 1. The summed E-state index contributed by atoms with van der Waals surface area (Å²) < 4.78 is 7.34. The van der Waals surface area contributed by atoms with E-state index < -0.39 is 6.04 Å². The average Bonchev–Trinajstić information content (AvgIpc) is 3.05. The van der Waals surface area contributed by atoms with Gasteiger partial charge in [0.05, 0.1) is 7.11 Å². The Morgan fingerprint density at radius 1 is 1.20 bits per heavy atom. The van der Waals surface area contributed by atoms with Crippen LogP contribution in [0.4, 0.5) is 0 Å². The highest BCUT2D eigenvalue weighted by Gasteiger charge is 2.24. The molecule has 2 aromatic heterocycles. The largest absolute Gasteiger partial charge is 0.496 e. The molecule has 3 aromatic rings. The third-order valence-electron chi connectivity index (χ3n) is 3.96. The van der Waals surface area contributed by atoms with Crippen molar-refractivity contribution in [2.45, 2.75) is 13.0 Å². The lowest BCUT2D eigenvalue weighted by molar-refractivity contribution is 0.0935. The van der Waals surface area contributed by atoms with E-state index in [9.17, 15) is 4.79 Å². The minimum atomic E-state index is -0.453. The molecular formula is C19H20N4O2. The molecule has 0 unspecified atom stereocenters. The second-order valence-electron chi connectivity index (χ2n) is 5.71. The zero-order valence-electron chi connectivity index (χ0n) is 14.4. The minimum absolute atomic E-state index is 0.261. The highest BCUT2D eigenvalue weighted by atomic mass is 16.5. The molecule has 0 aliphatic carbocycles. The normalized spacial score (nSPS) is 11.8. The van der Waals surface area contributed by atoms with Crippen LogP contribution in [0.25, 0.3) is 0 Å². The van der Waals surface area contributed by atoms with Crippen molar-refractivity contribution >= 4 is 5.91 Å². The van der Waals surface area contributed by atoms with Gasteiger partial charge >= 0.3 is 0 Å². The highest BCUT2D eigenvalue weighted by molar-refractivity contribution is 5.92. The smallest absolute Gasteiger partial charge is 0.270 e. The molecule has 0 spiro atoms. The Balaban J connectivity index is 2.00. The lowest BCUT2D eigenvalue weighted by Gasteiger charge is -2.21. The number of para-hydroxylation sites is 1. The molecule has 1 N–H and O–H groups in total. The summed E-state index contributed by atoms with van der Waals surface area (Å²) in [6.07, 6.45) is 3.55. The van der Waals surface area contributed by atoms with Crippen molar-refractivity contribution in [3.8, 4) is 5.75 Å². The molecule has 0 bridgehead atoms. The van der Waals surface area contributed by atoms with Gasteiger partial charge in [0.2, 0.25) is 0 Å². The number of carbonyl (C=O) groups excluding carboxylic acids is 1. The molecule has 0 saturated heterocycles. The summed E-state index contributed by atoms with van der Waals surface area (Å²) in [7, 11) is 3.50. The van der Waals surface area contributed by atoms with Crippen molar-refractivity contribution in [3.05, 3.63) is 77.6 Å². The molecule has 6 nitrogen and oxygen atoms in total. The molecule has 2 heterocycles. The summed E-state index contributed by atoms with van der Waals surface area (Å²) in [5.74, 6) is 1.14. The van der Waals surface area contributed by atoms with Crippen molar-refractivity contribution < 1.29 is 9.53 Å². The zero-order valence-corrected chi connectivity index (χ0v) is 14.4. The van der Waals surface area contributed by atoms with E-state index in [2.05, 4.69) is 15.3 Å². The summed E-state index contributed by atoms with van der Waals surface area (Å²) in [6.45, 7) is 1.85. The predicted octanol–water partition coefficient (Wildman–Crippen LogP) is 2.65. The van der Waals surface area contributed by atoms with Crippen LogP contribution in [-0.4, -0.2) is 27.6 Å². The number of hydrogen-bond acceptors (Lipinski definition) is 4. The SMILES string of the molecule is COc1ccccc1[C@H](NC(=O)c1cccc(C)n1)c1nccn1C. The number of ether oxygens (including phenoxy) is 1. The van der Waals surface area contributed by atoms with Crippen LogP contribution in [0.5, 0.6) is 5.75 Å². The van der Waals surface area contributed by atoms with Crippen molar-refractivity contribution in [1.82, 2.24) is 19.9 Å². The van der Waals surface area contributed by atoms with Crippen LogP contribution in [0.3, 0.4) is 0 Å². The Hall–Kier alpha value is -3.15. The third kappa shape index (κ3) is 3.52. The van der Waals surface area contributed by atoms with Gasteiger partial charge in [0, 0.05) is 30.7 Å². The Labute approximate surface area is 146 Å². The third-order valence-corrected chi connectivity index (χ3v) is 3.96. The van der Waals surface area contributed by atoms with E-state index in [0.717, 1.165) is 11.3 Å². The Kier molecular flexibility index (Phi) is 4.79. The lowest BCUT2D eigenvalue weighted by atomic mass is 10.0. The van der Waals surface area contributed by atoms with Crippen LogP contribution in [0.1, 0.15) is 33.6 Å². The summed E-state index contributed by atoms with van der Waals surface area (Å²) in [5.41, 5.74) is 1.99. The molecular weight excluding hydrogens is 316 g/mol. The highest BCUT2D eigenvalue weighted by Crippen LogP contribution is 2.29. The molecule has 0 aliphatic heterocycles. The van der Waals surface area contributed by atoms with E-state index in [1.54, 1.807) is 19.4 Å². The lowest BCUT2D eigenvalue weighted by Crippen LogP contribution is -2.32. The molecule has 128 valence electrons. The maximum absolute atomic E-state index is 12.7. The number of aryl methyl sites for hydroxylation is 2. The van der Waals surface area contributed by atoms with Crippen molar-refractivity contribution in [2.75, 3.05) is 7.11 Å². The van der Waals surface area contributed by atoms with Gasteiger partial charge in [0.15, 0.2) is 0 Å². The molecule has 1 atom stereocenters. The first kappa shape index (κ1) is 16.7. The molecule has 0 radical (unpaired) electrons. The summed E-state index contributed by atoms with van der Waals surface area (Å²) in [6, 6.07) is 12.5. The van der Waals surface area contributed by atoms with E-state index in [4.69, 9.17) is 4.74 Å². The maximum Gasteiger partial charge on any atom is 0.270 e. The van der Waals surface area contributed by atoms with Crippen molar-refractivity contribution in [3.63, 3.8) is 0 Å². The average molecular weight is 336 g/mol. The van der Waals surface area contributed by atoms with E-state index in [-0.39, 0.29) is 5.91 Å². The van der Waals surface area contributed by atoms with Gasteiger partial charge in [-0.15, -0.1) is 0 Å². The second-order valence-corrected chi connectivity index (χ2v) is 5.71. The van der Waals surface area contributed by atoms with Gasteiger partial charge in [0.25, 0.3) is 5.91 Å². The molecule has 6 heteroatoms. The van der Waals surface area contributed by atoms with E-state index in [1.165, 1.54) is 0 Å². The number of carbonyl (C=O) groups is 1. The number of rotatable bonds is 5. The number of benzene rings is 1. The molecule has 1 amide bonds. The Bertz CT molecular complexity index is 888.